The predicted molar refractivity (Wildman–Crippen MR) is 59.5 cm³/mol. The molecule has 0 radical (unpaired) electrons. The molecule has 0 bridgehead atoms. The van der Waals surface area contributed by atoms with Gasteiger partial charge >= 0.3 is 0 Å². The fraction of sp³-hybridized carbons (Fsp3) is 0.200. The number of nitrogens with two attached hydrogens (primary N) is 2. The maximum atomic E-state index is 11.3. The fourth-order valence-corrected chi connectivity index (χ4v) is 1.58. The van der Waals surface area contributed by atoms with E-state index in [1.165, 1.54) is 0 Å². The molecule has 15 heavy (non-hydrogen) atoms. The Morgan fingerprint density at radius 3 is 2.93 bits per heavy atom. The first-order chi connectivity index (χ1) is 7.20. The van der Waals surface area contributed by atoms with Crippen LogP contribution in [0.15, 0.2) is 23.0 Å². The molecule has 0 aromatic carbocycles. The first kappa shape index (κ1) is 9.67. The molecule has 0 aliphatic carbocycles. The van der Waals surface area contributed by atoms with Crippen molar-refractivity contribution < 1.29 is 0 Å². The predicted octanol–water partition coefficient (Wildman–Crippen LogP) is 0.00650. The van der Waals surface area contributed by atoms with Gasteiger partial charge in [0.2, 0.25) is 5.56 Å². The van der Waals surface area contributed by atoms with Gasteiger partial charge in [0, 0.05) is 11.5 Å². The Bertz CT molecular complexity index is 547. The van der Waals surface area contributed by atoms with Gasteiger partial charge in [0.1, 0.15) is 11.5 Å². The van der Waals surface area contributed by atoms with Gasteiger partial charge in [-0.15, -0.1) is 0 Å². The van der Waals surface area contributed by atoms with Crippen molar-refractivity contribution in [1.82, 2.24) is 9.97 Å². The molecule has 5 heteroatoms. The molecule has 2 aromatic rings. The van der Waals surface area contributed by atoms with E-state index in [1.807, 2.05) is 6.07 Å². The molecule has 0 atom stereocenters. The zero-order valence-electron chi connectivity index (χ0n) is 8.16. The molecule has 0 saturated heterocycles. The number of fused-ring (bicyclic) bond motifs is 1. The van der Waals surface area contributed by atoms with E-state index < -0.39 is 0 Å². The standard InChI is InChI=1S/C10H12N4O/c11-4-3-6-5-9(15)14-10-7(6)1-2-8(12)13-10/h1-2,5H,3-4,11H2,(H3,12,13,14,15). The first-order valence-corrected chi connectivity index (χ1v) is 4.69. The largest absolute Gasteiger partial charge is 0.384 e. The Balaban J connectivity index is 2.74. The summed E-state index contributed by atoms with van der Waals surface area (Å²) in [5, 5.41) is 0.897. The second-order valence-electron chi connectivity index (χ2n) is 3.33. The average molecular weight is 204 g/mol. The number of aromatic nitrogens is 2. The number of hydrogen-bond donors (Lipinski definition) is 3. The van der Waals surface area contributed by atoms with Crippen LogP contribution in [-0.2, 0) is 6.42 Å². The van der Waals surface area contributed by atoms with Crippen molar-refractivity contribution in [2.75, 3.05) is 12.3 Å². The minimum atomic E-state index is -0.177. The molecule has 2 heterocycles. The van der Waals surface area contributed by atoms with Crippen LogP contribution in [0.3, 0.4) is 0 Å². The van der Waals surface area contributed by atoms with Gasteiger partial charge in [-0.2, -0.15) is 0 Å². The highest BCUT2D eigenvalue weighted by molar-refractivity contribution is 5.79. The summed E-state index contributed by atoms with van der Waals surface area (Å²) in [5.74, 6) is 0.392. The van der Waals surface area contributed by atoms with E-state index in [0.29, 0.717) is 24.4 Å². The molecule has 5 nitrogen and oxygen atoms in total. The van der Waals surface area contributed by atoms with Crippen molar-refractivity contribution >= 4 is 16.9 Å². The Labute approximate surface area is 86.1 Å². The number of nitrogen functional groups attached to an aromatic ring is 1. The van der Waals surface area contributed by atoms with Gasteiger partial charge in [-0.1, -0.05) is 0 Å². The first-order valence-electron chi connectivity index (χ1n) is 4.69. The van der Waals surface area contributed by atoms with E-state index in [0.717, 1.165) is 10.9 Å². The number of nitrogens with one attached hydrogen (secondary N) is 1. The van der Waals surface area contributed by atoms with Gasteiger partial charge in [-0.25, -0.2) is 4.98 Å². The lowest BCUT2D eigenvalue weighted by molar-refractivity contribution is 0.970. The van der Waals surface area contributed by atoms with E-state index in [-0.39, 0.29) is 5.56 Å². The van der Waals surface area contributed by atoms with Crippen molar-refractivity contribution in [2.45, 2.75) is 6.42 Å². The molecule has 0 saturated carbocycles. The molecule has 5 N–H and O–H groups in total. The zero-order chi connectivity index (χ0) is 10.8. The van der Waals surface area contributed by atoms with Gasteiger partial charge in [-0.3, -0.25) is 4.79 Å². The average Bonchev–Trinajstić information content (AvgIpc) is 2.17. The lowest BCUT2D eigenvalue weighted by Gasteiger charge is -2.04. The molecule has 0 aliphatic rings. The Hall–Kier alpha value is -1.88. The van der Waals surface area contributed by atoms with E-state index in [2.05, 4.69) is 9.97 Å². The molecule has 0 amide bonds. The number of pyridine rings is 2. The van der Waals surface area contributed by atoms with Crippen LogP contribution < -0.4 is 17.0 Å². The highest BCUT2D eigenvalue weighted by Crippen LogP contribution is 2.14. The second-order valence-corrected chi connectivity index (χ2v) is 3.33. The summed E-state index contributed by atoms with van der Waals surface area (Å²) in [4.78, 5) is 18.0. The summed E-state index contributed by atoms with van der Waals surface area (Å²) in [6, 6.07) is 5.10. The van der Waals surface area contributed by atoms with Crippen LogP contribution >= 0.6 is 0 Å². The minimum absolute atomic E-state index is 0.177. The second kappa shape index (κ2) is 3.70. The third-order valence-corrected chi connectivity index (χ3v) is 2.22. The normalized spacial score (nSPS) is 10.7. The molecule has 78 valence electrons. The van der Waals surface area contributed by atoms with Gasteiger partial charge in [0.05, 0.1) is 0 Å². The number of rotatable bonds is 2. The molecule has 0 unspecified atom stereocenters. The smallest absolute Gasteiger partial charge is 0.249 e. The third kappa shape index (κ3) is 1.82. The number of aromatic amines is 1. The Morgan fingerprint density at radius 2 is 2.20 bits per heavy atom. The van der Waals surface area contributed by atoms with E-state index in [1.54, 1.807) is 12.1 Å². The van der Waals surface area contributed by atoms with Crippen molar-refractivity contribution in [2.24, 2.45) is 5.73 Å². The number of nitrogens with zero attached hydrogens (tertiary/aromatic N) is 1. The van der Waals surface area contributed by atoms with Crippen LogP contribution in [-0.4, -0.2) is 16.5 Å². The van der Waals surface area contributed by atoms with E-state index in [4.69, 9.17) is 11.5 Å². The van der Waals surface area contributed by atoms with Crippen molar-refractivity contribution in [3.05, 3.63) is 34.1 Å². The minimum Gasteiger partial charge on any atom is -0.384 e. The summed E-state index contributed by atoms with van der Waals surface area (Å²) in [5.41, 5.74) is 12.3. The molecule has 0 aliphatic heterocycles. The van der Waals surface area contributed by atoms with E-state index in [9.17, 15) is 4.79 Å². The van der Waals surface area contributed by atoms with Crippen molar-refractivity contribution in [1.29, 1.82) is 0 Å². The number of H-pyrrole nitrogens is 1. The number of anilines is 1. The summed E-state index contributed by atoms with van der Waals surface area (Å²) in [6.45, 7) is 0.503. The molecule has 0 fully saturated rings. The Morgan fingerprint density at radius 1 is 1.40 bits per heavy atom. The molecule has 2 rings (SSSR count). The summed E-state index contributed by atoms with van der Waals surface area (Å²) < 4.78 is 0. The topological polar surface area (TPSA) is 97.8 Å². The van der Waals surface area contributed by atoms with Crippen LogP contribution in [0.25, 0.3) is 11.0 Å². The maximum Gasteiger partial charge on any atom is 0.249 e. The summed E-state index contributed by atoms with van der Waals surface area (Å²) >= 11 is 0. The molecule has 2 aromatic heterocycles. The molecular formula is C10H12N4O. The molecular weight excluding hydrogens is 192 g/mol. The van der Waals surface area contributed by atoms with Crippen molar-refractivity contribution in [3.63, 3.8) is 0 Å². The van der Waals surface area contributed by atoms with Crippen LogP contribution in [0.5, 0.6) is 0 Å². The van der Waals surface area contributed by atoms with Crippen LogP contribution in [0.1, 0.15) is 5.56 Å². The van der Waals surface area contributed by atoms with Crippen molar-refractivity contribution in [3.8, 4) is 0 Å². The molecule has 0 spiro atoms. The summed E-state index contributed by atoms with van der Waals surface area (Å²) in [7, 11) is 0. The summed E-state index contributed by atoms with van der Waals surface area (Å²) in [6.07, 6.45) is 0.659. The van der Waals surface area contributed by atoms with Crippen LogP contribution in [0, 0.1) is 0 Å². The van der Waals surface area contributed by atoms with E-state index >= 15 is 0 Å². The van der Waals surface area contributed by atoms with Gasteiger partial charge < -0.3 is 16.5 Å². The van der Waals surface area contributed by atoms with Gasteiger partial charge in [0.15, 0.2) is 0 Å². The zero-order valence-corrected chi connectivity index (χ0v) is 8.16. The SMILES string of the molecule is NCCc1cc(=O)[nH]c2nc(N)ccc12. The third-order valence-electron chi connectivity index (χ3n) is 2.22. The highest BCUT2D eigenvalue weighted by atomic mass is 16.1. The maximum absolute atomic E-state index is 11.3. The Kier molecular flexibility index (Phi) is 2.39. The lowest BCUT2D eigenvalue weighted by atomic mass is 10.1. The lowest BCUT2D eigenvalue weighted by Crippen LogP contribution is -2.11. The van der Waals surface area contributed by atoms with Crippen LogP contribution in [0.4, 0.5) is 5.82 Å². The highest BCUT2D eigenvalue weighted by Gasteiger charge is 2.03. The quantitative estimate of drug-likeness (QED) is 0.641. The van der Waals surface area contributed by atoms with Crippen LogP contribution in [0.2, 0.25) is 0 Å². The van der Waals surface area contributed by atoms with Gasteiger partial charge in [0.25, 0.3) is 0 Å². The number of hydrogen-bond acceptors (Lipinski definition) is 4. The monoisotopic (exact) mass is 204 g/mol. The van der Waals surface area contributed by atoms with Gasteiger partial charge in [-0.05, 0) is 30.7 Å². The fourth-order valence-electron chi connectivity index (χ4n) is 1.58.